The largest absolute Gasteiger partial charge is 0.355 e. The number of carbonyl (C=O) groups is 1. The van der Waals surface area contributed by atoms with Crippen molar-refractivity contribution >= 4 is 16.7 Å². The Hall–Kier alpha value is -3.47. The monoisotopic (exact) mass is 357 g/mol. The molecule has 27 heavy (non-hydrogen) atoms. The van der Waals surface area contributed by atoms with Gasteiger partial charge in [0, 0.05) is 18.0 Å². The molecule has 0 bridgehead atoms. The Morgan fingerprint density at radius 2 is 1.89 bits per heavy atom. The van der Waals surface area contributed by atoms with Crippen LogP contribution in [0.25, 0.3) is 22.1 Å². The molecule has 0 spiro atoms. The highest BCUT2D eigenvalue weighted by Gasteiger charge is 2.23. The molecule has 1 N–H and O–H groups in total. The van der Waals surface area contributed by atoms with E-state index >= 15 is 0 Å². The number of hydrogen-bond donors (Lipinski definition) is 1. The van der Waals surface area contributed by atoms with Crippen LogP contribution in [0.3, 0.4) is 0 Å². The molecule has 1 amide bonds. The van der Waals surface area contributed by atoms with E-state index < -0.39 is 0 Å². The maximum absolute atomic E-state index is 13.0. The van der Waals surface area contributed by atoms with Crippen molar-refractivity contribution in [3.05, 3.63) is 83.8 Å². The van der Waals surface area contributed by atoms with E-state index in [0.29, 0.717) is 17.0 Å². The van der Waals surface area contributed by atoms with Crippen LogP contribution < -0.4 is 5.32 Å². The quantitative estimate of drug-likeness (QED) is 0.575. The maximum Gasteiger partial charge on any atom is 0.257 e. The number of amides is 1. The normalized spacial score (nSPS) is 12.1. The lowest BCUT2D eigenvalue weighted by molar-refractivity contribution is 0.0940. The molecule has 0 fully saturated rings. The third-order valence-corrected chi connectivity index (χ3v) is 4.65. The predicted octanol–water partition coefficient (Wildman–Crippen LogP) is 4.69. The van der Waals surface area contributed by atoms with E-state index in [2.05, 4.69) is 33.7 Å². The number of hydrogen-bond acceptors (Lipinski definition) is 4. The highest BCUT2D eigenvalue weighted by atomic mass is 16.5. The van der Waals surface area contributed by atoms with Gasteiger partial charge in [0.05, 0.1) is 11.7 Å². The summed E-state index contributed by atoms with van der Waals surface area (Å²) in [4.78, 5) is 17.1. The van der Waals surface area contributed by atoms with E-state index in [4.69, 9.17) is 4.52 Å². The van der Waals surface area contributed by atoms with Crippen molar-refractivity contribution in [2.75, 3.05) is 0 Å². The zero-order chi connectivity index (χ0) is 18.8. The van der Waals surface area contributed by atoms with Crippen molar-refractivity contribution in [2.24, 2.45) is 0 Å². The van der Waals surface area contributed by atoms with E-state index in [1.54, 1.807) is 25.4 Å². The highest BCUT2D eigenvalue weighted by molar-refractivity contribution is 6.01. The lowest BCUT2D eigenvalue weighted by Crippen LogP contribution is -2.27. The van der Waals surface area contributed by atoms with Gasteiger partial charge in [-0.2, -0.15) is 0 Å². The Kier molecular flexibility index (Phi) is 4.42. The Labute approximate surface area is 157 Å². The van der Waals surface area contributed by atoms with Gasteiger partial charge in [-0.15, -0.1) is 0 Å². The van der Waals surface area contributed by atoms with Gasteiger partial charge in [0.25, 0.3) is 5.91 Å². The fourth-order valence-corrected chi connectivity index (χ4v) is 3.31. The molecule has 0 unspecified atom stereocenters. The van der Waals surface area contributed by atoms with Crippen LogP contribution >= 0.6 is 0 Å². The summed E-state index contributed by atoms with van der Waals surface area (Å²) in [6, 6.07) is 17.7. The van der Waals surface area contributed by atoms with Gasteiger partial charge in [-0.25, -0.2) is 0 Å². The number of nitrogens with one attached hydrogen (secondary N) is 1. The number of carbonyl (C=O) groups excluding carboxylic acids is 1. The molecule has 2 aromatic heterocycles. The maximum atomic E-state index is 13.0. The molecule has 0 radical (unpaired) electrons. The van der Waals surface area contributed by atoms with Crippen LogP contribution in [0.2, 0.25) is 0 Å². The molecular weight excluding hydrogens is 338 g/mol. The van der Waals surface area contributed by atoms with Crippen LogP contribution in [0, 0.1) is 6.92 Å². The molecule has 2 heterocycles. The second kappa shape index (κ2) is 7.03. The Bertz CT molecular complexity index is 1100. The van der Waals surface area contributed by atoms with E-state index in [0.717, 1.165) is 21.9 Å². The molecule has 1 atom stereocenters. The Morgan fingerprint density at radius 1 is 1.07 bits per heavy atom. The molecule has 5 nitrogen and oxygen atoms in total. The smallest absolute Gasteiger partial charge is 0.257 e. The molecule has 2 aromatic carbocycles. The minimum absolute atomic E-state index is 0.167. The van der Waals surface area contributed by atoms with Crippen molar-refractivity contribution in [1.82, 2.24) is 15.5 Å². The molecule has 134 valence electrons. The summed E-state index contributed by atoms with van der Waals surface area (Å²) in [5.74, 6) is 0.219. The summed E-state index contributed by atoms with van der Waals surface area (Å²) in [5.41, 5.74) is 2.78. The van der Waals surface area contributed by atoms with Gasteiger partial charge in [-0.1, -0.05) is 47.6 Å². The van der Waals surface area contributed by atoms with Gasteiger partial charge < -0.3 is 9.84 Å². The Morgan fingerprint density at radius 3 is 2.70 bits per heavy atom. The predicted molar refractivity (Wildman–Crippen MR) is 104 cm³/mol. The lowest BCUT2D eigenvalue weighted by atomic mass is 9.99. The topological polar surface area (TPSA) is 68.0 Å². The Balaban J connectivity index is 1.66. The van der Waals surface area contributed by atoms with E-state index in [9.17, 15) is 4.79 Å². The van der Waals surface area contributed by atoms with Crippen molar-refractivity contribution in [2.45, 2.75) is 19.9 Å². The molecule has 0 aliphatic carbocycles. The first kappa shape index (κ1) is 17.0. The van der Waals surface area contributed by atoms with E-state index in [1.165, 1.54) is 0 Å². The van der Waals surface area contributed by atoms with Crippen LogP contribution in [0.5, 0.6) is 0 Å². The molecule has 0 saturated carbocycles. The summed E-state index contributed by atoms with van der Waals surface area (Å²) in [6.45, 7) is 3.74. The summed E-state index contributed by atoms with van der Waals surface area (Å²) in [5, 5.41) is 9.34. The number of pyridine rings is 1. The summed E-state index contributed by atoms with van der Waals surface area (Å²) in [7, 11) is 0. The fraction of sp³-hybridized carbons (Fsp3) is 0.136. The van der Waals surface area contributed by atoms with Gasteiger partial charge in [-0.3, -0.25) is 9.78 Å². The zero-order valence-electron chi connectivity index (χ0n) is 15.1. The summed E-state index contributed by atoms with van der Waals surface area (Å²) < 4.78 is 5.41. The lowest BCUT2D eigenvalue weighted by Gasteiger charge is -2.16. The second-order valence-corrected chi connectivity index (χ2v) is 6.48. The van der Waals surface area contributed by atoms with Gasteiger partial charge in [0.15, 0.2) is 5.76 Å². The molecule has 4 aromatic rings. The number of aromatic nitrogens is 2. The SMILES string of the molecule is Cc1noc(-c2cccnc2)c1C(=O)N[C@@H](C)c1cccc2ccccc12. The first-order valence-electron chi connectivity index (χ1n) is 8.80. The van der Waals surface area contributed by atoms with Crippen LogP contribution in [0.4, 0.5) is 0 Å². The highest BCUT2D eigenvalue weighted by Crippen LogP contribution is 2.28. The minimum Gasteiger partial charge on any atom is -0.355 e. The van der Waals surface area contributed by atoms with Gasteiger partial charge in [0.2, 0.25) is 0 Å². The van der Waals surface area contributed by atoms with Crippen molar-refractivity contribution in [3.8, 4) is 11.3 Å². The number of benzene rings is 2. The first-order valence-corrected chi connectivity index (χ1v) is 8.80. The molecule has 0 aliphatic rings. The third-order valence-electron chi connectivity index (χ3n) is 4.65. The van der Waals surface area contributed by atoms with Gasteiger partial charge >= 0.3 is 0 Å². The molecule has 0 aliphatic heterocycles. The van der Waals surface area contributed by atoms with Crippen LogP contribution in [0.15, 0.2) is 71.5 Å². The van der Waals surface area contributed by atoms with E-state index in [1.807, 2.05) is 37.3 Å². The number of rotatable bonds is 4. The molecule has 4 rings (SSSR count). The van der Waals surface area contributed by atoms with Crippen molar-refractivity contribution in [1.29, 1.82) is 0 Å². The molecular formula is C22H19N3O2. The van der Waals surface area contributed by atoms with Gasteiger partial charge in [0.1, 0.15) is 5.56 Å². The van der Waals surface area contributed by atoms with Gasteiger partial charge in [-0.05, 0) is 42.3 Å². The van der Waals surface area contributed by atoms with E-state index in [-0.39, 0.29) is 11.9 Å². The summed E-state index contributed by atoms with van der Waals surface area (Å²) in [6.07, 6.45) is 3.33. The van der Waals surface area contributed by atoms with Crippen LogP contribution in [-0.2, 0) is 0 Å². The summed E-state index contributed by atoms with van der Waals surface area (Å²) >= 11 is 0. The number of fused-ring (bicyclic) bond motifs is 1. The number of nitrogens with zero attached hydrogens (tertiary/aromatic N) is 2. The number of aryl methyl sites for hydroxylation is 1. The zero-order valence-corrected chi connectivity index (χ0v) is 15.1. The standard InChI is InChI=1S/C22H19N3O2/c1-14(18-11-5-8-16-7-3-4-10-19(16)18)24-22(26)20-15(2)25-27-21(20)17-9-6-12-23-13-17/h3-14H,1-2H3,(H,24,26)/t14-/m0/s1. The average Bonchev–Trinajstić information content (AvgIpc) is 3.09. The third kappa shape index (κ3) is 3.19. The minimum atomic E-state index is -0.215. The second-order valence-electron chi connectivity index (χ2n) is 6.48. The van der Waals surface area contributed by atoms with Crippen molar-refractivity contribution < 1.29 is 9.32 Å². The average molecular weight is 357 g/mol. The molecule has 0 saturated heterocycles. The van der Waals surface area contributed by atoms with Crippen LogP contribution in [-0.4, -0.2) is 16.0 Å². The van der Waals surface area contributed by atoms with Crippen molar-refractivity contribution in [3.63, 3.8) is 0 Å². The fourth-order valence-electron chi connectivity index (χ4n) is 3.31. The molecule has 5 heteroatoms. The van der Waals surface area contributed by atoms with Crippen LogP contribution in [0.1, 0.15) is 34.6 Å². The first-order chi connectivity index (χ1) is 13.1.